The largest absolute Gasteiger partial charge is 0.465 e. The number of ether oxygens (including phenoxy) is 1. The maximum atomic E-state index is 12.1. The smallest absolute Gasteiger partial charge is 0.314 e. The molecule has 112 valence electrons. The van der Waals surface area contributed by atoms with Gasteiger partial charge in [0.2, 0.25) is 0 Å². The van der Waals surface area contributed by atoms with Crippen molar-refractivity contribution in [3.63, 3.8) is 0 Å². The maximum Gasteiger partial charge on any atom is 0.314 e. The summed E-state index contributed by atoms with van der Waals surface area (Å²) >= 11 is 0. The first-order chi connectivity index (χ1) is 9.14. The van der Waals surface area contributed by atoms with E-state index in [-0.39, 0.29) is 0 Å². The van der Waals surface area contributed by atoms with Gasteiger partial charge in [0, 0.05) is 0 Å². The predicted octanol–water partition coefficient (Wildman–Crippen LogP) is 3.61. The SMILES string of the molecule is CCOC(=O)C(C)(C)C(C)(O)c1ccc(C(C)C)cc1. The zero-order chi connectivity index (χ0) is 15.6. The Morgan fingerprint density at radius 2 is 1.70 bits per heavy atom. The molecule has 1 aromatic rings. The summed E-state index contributed by atoms with van der Waals surface area (Å²) in [5, 5.41) is 10.8. The van der Waals surface area contributed by atoms with E-state index < -0.39 is 17.0 Å². The van der Waals surface area contributed by atoms with Gasteiger partial charge in [0.15, 0.2) is 0 Å². The number of hydrogen-bond donors (Lipinski definition) is 1. The maximum absolute atomic E-state index is 12.1. The second-order valence-corrected chi connectivity index (χ2v) is 6.19. The predicted molar refractivity (Wildman–Crippen MR) is 80.5 cm³/mol. The lowest BCUT2D eigenvalue weighted by Crippen LogP contribution is -2.46. The van der Waals surface area contributed by atoms with Gasteiger partial charge in [-0.05, 0) is 44.7 Å². The number of benzene rings is 1. The van der Waals surface area contributed by atoms with Gasteiger partial charge in [0.1, 0.15) is 5.60 Å². The molecule has 0 spiro atoms. The second-order valence-electron chi connectivity index (χ2n) is 6.19. The quantitative estimate of drug-likeness (QED) is 0.837. The zero-order valence-corrected chi connectivity index (χ0v) is 13.4. The number of carbonyl (C=O) groups excluding carboxylic acids is 1. The van der Waals surface area contributed by atoms with Crippen LogP contribution < -0.4 is 0 Å². The molecule has 0 heterocycles. The van der Waals surface area contributed by atoms with E-state index in [9.17, 15) is 9.90 Å². The van der Waals surface area contributed by atoms with Crippen LogP contribution in [0.5, 0.6) is 0 Å². The Kier molecular flexibility index (Phi) is 4.98. The normalized spacial score (nSPS) is 15.0. The highest BCUT2D eigenvalue weighted by Gasteiger charge is 2.47. The van der Waals surface area contributed by atoms with Crippen LogP contribution in [-0.4, -0.2) is 17.7 Å². The van der Waals surface area contributed by atoms with Crippen LogP contribution in [0.3, 0.4) is 0 Å². The second kappa shape index (κ2) is 5.96. The van der Waals surface area contributed by atoms with E-state index in [2.05, 4.69) is 13.8 Å². The molecule has 0 radical (unpaired) electrons. The van der Waals surface area contributed by atoms with Crippen molar-refractivity contribution in [1.29, 1.82) is 0 Å². The minimum absolute atomic E-state index is 0.310. The Morgan fingerprint density at radius 3 is 2.10 bits per heavy atom. The summed E-state index contributed by atoms with van der Waals surface area (Å²) in [6.45, 7) is 11.4. The zero-order valence-electron chi connectivity index (χ0n) is 13.4. The summed E-state index contributed by atoms with van der Waals surface area (Å²) in [6.07, 6.45) is 0. The minimum Gasteiger partial charge on any atom is -0.465 e. The molecule has 0 aliphatic heterocycles. The first kappa shape index (κ1) is 16.7. The van der Waals surface area contributed by atoms with E-state index in [1.54, 1.807) is 27.7 Å². The molecule has 1 N–H and O–H groups in total. The summed E-state index contributed by atoms with van der Waals surface area (Å²) in [7, 11) is 0. The van der Waals surface area contributed by atoms with Crippen LogP contribution in [-0.2, 0) is 15.1 Å². The number of esters is 1. The van der Waals surface area contributed by atoms with Crippen molar-refractivity contribution in [2.45, 2.75) is 53.1 Å². The van der Waals surface area contributed by atoms with Gasteiger partial charge < -0.3 is 9.84 Å². The van der Waals surface area contributed by atoms with Gasteiger partial charge in [-0.25, -0.2) is 0 Å². The van der Waals surface area contributed by atoms with Crippen molar-refractivity contribution >= 4 is 5.97 Å². The molecule has 3 nitrogen and oxygen atoms in total. The van der Waals surface area contributed by atoms with Crippen molar-refractivity contribution in [1.82, 2.24) is 0 Å². The van der Waals surface area contributed by atoms with Gasteiger partial charge in [-0.3, -0.25) is 4.79 Å². The third-order valence-corrected chi connectivity index (χ3v) is 4.14. The van der Waals surface area contributed by atoms with Gasteiger partial charge in [0.25, 0.3) is 0 Å². The molecule has 20 heavy (non-hydrogen) atoms. The fourth-order valence-electron chi connectivity index (χ4n) is 2.06. The summed E-state index contributed by atoms with van der Waals surface area (Å²) < 4.78 is 5.08. The molecule has 1 unspecified atom stereocenters. The van der Waals surface area contributed by atoms with Crippen molar-refractivity contribution in [2.75, 3.05) is 6.61 Å². The van der Waals surface area contributed by atoms with E-state index >= 15 is 0 Å². The van der Waals surface area contributed by atoms with Crippen molar-refractivity contribution < 1.29 is 14.6 Å². The Morgan fingerprint density at radius 1 is 1.20 bits per heavy atom. The van der Waals surface area contributed by atoms with E-state index in [1.807, 2.05) is 24.3 Å². The first-order valence-electron chi connectivity index (χ1n) is 7.14. The standard InChI is InChI=1S/C17H26O3/c1-7-20-15(18)16(4,5)17(6,19)14-10-8-13(9-11-14)12(2)3/h8-12,19H,7H2,1-6H3. The van der Waals surface area contributed by atoms with Crippen LogP contribution in [0.1, 0.15) is 58.6 Å². The van der Waals surface area contributed by atoms with Crippen LogP contribution in [0.15, 0.2) is 24.3 Å². The molecular weight excluding hydrogens is 252 g/mol. The molecule has 0 bridgehead atoms. The highest BCUT2D eigenvalue weighted by Crippen LogP contribution is 2.40. The van der Waals surface area contributed by atoms with Crippen LogP contribution in [0.4, 0.5) is 0 Å². The molecule has 0 saturated carbocycles. The number of rotatable bonds is 5. The fraction of sp³-hybridized carbons (Fsp3) is 0.588. The molecule has 0 aliphatic rings. The average molecular weight is 278 g/mol. The number of carbonyl (C=O) groups is 1. The molecule has 0 fully saturated rings. The number of aliphatic hydroxyl groups is 1. The average Bonchev–Trinajstić information content (AvgIpc) is 2.38. The summed E-state index contributed by atoms with van der Waals surface area (Å²) in [5.74, 6) is 0.0463. The Balaban J connectivity index is 3.11. The lowest BCUT2D eigenvalue weighted by molar-refractivity contribution is -0.170. The Hall–Kier alpha value is -1.35. The minimum atomic E-state index is -1.28. The van der Waals surface area contributed by atoms with E-state index in [1.165, 1.54) is 5.56 Å². The third-order valence-electron chi connectivity index (χ3n) is 4.14. The summed E-state index contributed by atoms with van der Waals surface area (Å²) in [6, 6.07) is 7.76. The van der Waals surface area contributed by atoms with Crippen LogP contribution in [0, 0.1) is 5.41 Å². The fourth-order valence-corrected chi connectivity index (χ4v) is 2.06. The molecule has 0 aliphatic carbocycles. The Bertz CT molecular complexity index is 456. The molecule has 0 saturated heterocycles. The van der Waals surface area contributed by atoms with Crippen LogP contribution in [0.2, 0.25) is 0 Å². The lowest BCUT2D eigenvalue weighted by Gasteiger charge is -2.38. The molecule has 1 rings (SSSR count). The summed E-state index contributed by atoms with van der Waals surface area (Å²) in [5.41, 5.74) is -0.365. The lowest BCUT2D eigenvalue weighted by atomic mass is 9.72. The van der Waals surface area contributed by atoms with Gasteiger partial charge in [-0.15, -0.1) is 0 Å². The monoisotopic (exact) mass is 278 g/mol. The topological polar surface area (TPSA) is 46.5 Å². The Labute approximate surface area is 122 Å². The van der Waals surface area contributed by atoms with Crippen LogP contribution >= 0.6 is 0 Å². The number of hydrogen-bond acceptors (Lipinski definition) is 3. The van der Waals surface area contributed by atoms with Gasteiger partial charge in [-0.1, -0.05) is 38.1 Å². The highest BCUT2D eigenvalue weighted by atomic mass is 16.5. The first-order valence-corrected chi connectivity index (χ1v) is 7.14. The van der Waals surface area contributed by atoms with Gasteiger partial charge in [-0.2, -0.15) is 0 Å². The highest BCUT2D eigenvalue weighted by molar-refractivity contribution is 5.77. The molecule has 0 aromatic heterocycles. The van der Waals surface area contributed by atoms with E-state index in [4.69, 9.17) is 4.74 Å². The molecule has 1 atom stereocenters. The van der Waals surface area contributed by atoms with Crippen molar-refractivity contribution in [3.8, 4) is 0 Å². The van der Waals surface area contributed by atoms with Crippen molar-refractivity contribution in [3.05, 3.63) is 35.4 Å². The summed E-state index contributed by atoms with van der Waals surface area (Å²) in [4.78, 5) is 12.1. The third kappa shape index (κ3) is 3.04. The van der Waals surface area contributed by atoms with Gasteiger partial charge in [0.05, 0.1) is 12.0 Å². The molecular formula is C17H26O3. The van der Waals surface area contributed by atoms with Crippen LogP contribution in [0.25, 0.3) is 0 Å². The van der Waals surface area contributed by atoms with Crippen molar-refractivity contribution in [2.24, 2.45) is 5.41 Å². The molecule has 0 amide bonds. The molecule has 3 heteroatoms. The van der Waals surface area contributed by atoms with E-state index in [0.29, 0.717) is 12.5 Å². The van der Waals surface area contributed by atoms with E-state index in [0.717, 1.165) is 5.56 Å². The van der Waals surface area contributed by atoms with Gasteiger partial charge >= 0.3 is 5.97 Å². The molecule has 1 aromatic carbocycles.